The molecule has 146 valence electrons. The zero-order valence-corrected chi connectivity index (χ0v) is 16.4. The van der Waals surface area contributed by atoms with Crippen LogP contribution in [-0.2, 0) is 9.53 Å². The zero-order valence-electron chi connectivity index (χ0n) is 15.6. The van der Waals surface area contributed by atoms with Gasteiger partial charge in [-0.05, 0) is 54.1 Å². The van der Waals surface area contributed by atoms with Crippen LogP contribution in [0.3, 0.4) is 0 Å². The lowest BCUT2D eigenvalue weighted by Gasteiger charge is -2.10. The quantitative estimate of drug-likeness (QED) is 0.515. The summed E-state index contributed by atoms with van der Waals surface area (Å²) in [6.07, 6.45) is 1.76. The number of thioether (sulfide) groups is 1. The molecule has 0 saturated carbocycles. The third-order valence-corrected chi connectivity index (χ3v) is 4.70. The van der Waals surface area contributed by atoms with Gasteiger partial charge in [-0.1, -0.05) is 30.3 Å². The number of para-hydroxylation sites is 1. The lowest BCUT2D eigenvalue weighted by molar-refractivity contribution is -0.113. The van der Waals surface area contributed by atoms with E-state index in [0.29, 0.717) is 31.3 Å². The maximum absolute atomic E-state index is 11.6. The molecular formula is C21H22N2O4S. The lowest BCUT2D eigenvalue weighted by Crippen LogP contribution is -2.12. The van der Waals surface area contributed by atoms with E-state index in [2.05, 4.69) is 4.99 Å². The number of hydrogen-bond acceptors (Lipinski definition) is 6. The van der Waals surface area contributed by atoms with Crippen molar-refractivity contribution in [3.8, 4) is 11.5 Å². The lowest BCUT2D eigenvalue weighted by atomic mass is 10.2. The van der Waals surface area contributed by atoms with Crippen LogP contribution in [0.15, 0.2) is 58.4 Å². The minimum absolute atomic E-state index is 0.278. The second-order valence-electron chi connectivity index (χ2n) is 6.01. The van der Waals surface area contributed by atoms with E-state index in [-0.39, 0.29) is 11.1 Å². The third kappa shape index (κ3) is 5.87. The van der Waals surface area contributed by atoms with E-state index in [1.165, 1.54) is 11.8 Å². The summed E-state index contributed by atoms with van der Waals surface area (Å²) in [5, 5.41) is 0.278. The van der Waals surface area contributed by atoms with Crippen LogP contribution in [0.4, 0.5) is 0 Å². The average molecular weight is 398 g/mol. The van der Waals surface area contributed by atoms with Gasteiger partial charge in [-0.2, -0.15) is 4.99 Å². The van der Waals surface area contributed by atoms with Crippen molar-refractivity contribution in [2.75, 3.05) is 26.4 Å². The number of amides is 1. The summed E-state index contributed by atoms with van der Waals surface area (Å²) in [6, 6.07) is 15.3. The summed E-state index contributed by atoms with van der Waals surface area (Å²) >= 11 is 1.18. The van der Waals surface area contributed by atoms with Gasteiger partial charge in [-0.3, -0.25) is 4.79 Å². The molecule has 0 spiro atoms. The summed E-state index contributed by atoms with van der Waals surface area (Å²) in [5.74, 6) is 1.32. The Morgan fingerprint density at radius 3 is 2.39 bits per heavy atom. The summed E-state index contributed by atoms with van der Waals surface area (Å²) in [6.45, 7) is 3.94. The number of amidine groups is 1. The first-order valence-corrected chi connectivity index (χ1v) is 9.70. The second kappa shape index (κ2) is 9.96. The van der Waals surface area contributed by atoms with Crippen molar-refractivity contribution in [1.82, 2.24) is 0 Å². The molecule has 0 aromatic heterocycles. The van der Waals surface area contributed by atoms with Crippen LogP contribution in [0.25, 0.3) is 6.08 Å². The highest BCUT2D eigenvalue weighted by Crippen LogP contribution is 2.26. The van der Waals surface area contributed by atoms with Crippen molar-refractivity contribution in [2.24, 2.45) is 10.7 Å². The van der Waals surface area contributed by atoms with Gasteiger partial charge in [0.15, 0.2) is 5.17 Å². The van der Waals surface area contributed by atoms with E-state index in [9.17, 15) is 4.79 Å². The second-order valence-corrected chi connectivity index (χ2v) is 7.07. The van der Waals surface area contributed by atoms with Crippen molar-refractivity contribution in [3.05, 3.63) is 64.6 Å². The summed E-state index contributed by atoms with van der Waals surface area (Å²) in [5.41, 5.74) is 7.53. The number of benzene rings is 2. The van der Waals surface area contributed by atoms with E-state index in [0.717, 1.165) is 22.6 Å². The standard InChI is InChI=1S/C21H22N2O4S/c1-15-4-2-3-5-18(15)27-13-11-25-10-12-26-17-8-6-16(7-9-17)14-19-20(24)23-21(22)28-19/h2-9,14H,10-13H2,1H3,(H2,22,23,24). The van der Waals surface area contributed by atoms with E-state index in [1.54, 1.807) is 6.08 Å². The molecule has 1 heterocycles. The van der Waals surface area contributed by atoms with Crippen LogP contribution in [0, 0.1) is 6.92 Å². The van der Waals surface area contributed by atoms with Gasteiger partial charge in [0.2, 0.25) is 0 Å². The molecule has 6 nitrogen and oxygen atoms in total. The number of aryl methyl sites for hydroxylation is 1. The normalized spacial score (nSPS) is 15.0. The van der Waals surface area contributed by atoms with Crippen molar-refractivity contribution < 1.29 is 19.0 Å². The number of aliphatic imine (C=N–C) groups is 1. The molecule has 0 unspecified atom stereocenters. The highest BCUT2D eigenvalue weighted by atomic mass is 32.2. The molecule has 0 radical (unpaired) electrons. The number of nitrogens with two attached hydrogens (primary N) is 1. The Morgan fingerprint density at radius 2 is 1.71 bits per heavy atom. The highest BCUT2D eigenvalue weighted by Gasteiger charge is 2.19. The van der Waals surface area contributed by atoms with Crippen LogP contribution in [0.1, 0.15) is 11.1 Å². The maximum Gasteiger partial charge on any atom is 0.286 e. The molecule has 3 rings (SSSR count). The Labute approximate surface area is 168 Å². The van der Waals surface area contributed by atoms with Gasteiger partial charge >= 0.3 is 0 Å². The van der Waals surface area contributed by atoms with Gasteiger partial charge in [0.1, 0.15) is 24.7 Å². The van der Waals surface area contributed by atoms with Crippen LogP contribution in [0.2, 0.25) is 0 Å². The molecule has 1 aliphatic heterocycles. The van der Waals surface area contributed by atoms with Crippen LogP contribution in [0.5, 0.6) is 11.5 Å². The van der Waals surface area contributed by atoms with Gasteiger partial charge in [0.25, 0.3) is 5.91 Å². The topological polar surface area (TPSA) is 83.1 Å². The number of ether oxygens (including phenoxy) is 3. The molecule has 0 bridgehead atoms. The Bertz CT molecular complexity index is 878. The average Bonchev–Trinajstić information content (AvgIpc) is 3.00. The number of hydrogen-bond donors (Lipinski definition) is 1. The fourth-order valence-electron chi connectivity index (χ4n) is 2.49. The molecule has 2 N–H and O–H groups in total. The van der Waals surface area contributed by atoms with Gasteiger partial charge in [0.05, 0.1) is 18.1 Å². The molecule has 0 saturated heterocycles. The predicted octanol–water partition coefficient (Wildman–Crippen LogP) is 3.40. The molecule has 2 aromatic carbocycles. The monoisotopic (exact) mass is 398 g/mol. The van der Waals surface area contributed by atoms with E-state index in [4.69, 9.17) is 19.9 Å². The Balaban J connectivity index is 1.33. The SMILES string of the molecule is Cc1ccccc1OCCOCCOc1ccc(C=C2SC(N)=NC2=O)cc1. The number of carbonyl (C=O) groups is 1. The summed E-state index contributed by atoms with van der Waals surface area (Å²) in [4.78, 5) is 15.8. The van der Waals surface area contributed by atoms with Crippen LogP contribution in [-0.4, -0.2) is 37.5 Å². The first kappa shape index (κ1) is 20.0. The minimum Gasteiger partial charge on any atom is -0.491 e. The van der Waals surface area contributed by atoms with E-state index < -0.39 is 0 Å². The van der Waals surface area contributed by atoms with Crippen molar-refractivity contribution >= 4 is 28.9 Å². The van der Waals surface area contributed by atoms with E-state index >= 15 is 0 Å². The van der Waals surface area contributed by atoms with Gasteiger partial charge in [-0.25, -0.2) is 0 Å². The predicted molar refractivity (Wildman–Crippen MR) is 112 cm³/mol. The van der Waals surface area contributed by atoms with Crippen molar-refractivity contribution in [2.45, 2.75) is 6.92 Å². The number of nitrogens with zero attached hydrogens (tertiary/aromatic N) is 1. The highest BCUT2D eigenvalue weighted by molar-refractivity contribution is 8.18. The summed E-state index contributed by atoms with van der Waals surface area (Å²) in [7, 11) is 0. The molecule has 28 heavy (non-hydrogen) atoms. The van der Waals surface area contributed by atoms with Crippen LogP contribution >= 0.6 is 11.8 Å². The molecule has 2 aromatic rings. The Hall–Kier alpha value is -2.77. The van der Waals surface area contributed by atoms with Gasteiger partial charge in [0, 0.05) is 0 Å². The molecule has 0 atom stereocenters. The first-order chi connectivity index (χ1) is 13.6. The molecular weight excluding hydrogens is 376 g/mol. The van der Waals surface area contributed by atoms with Gasteiger partial charge in [-0.15, -0.1) is 0 Å². The van der Waals surface area contributed by atoms with Crippen LogP contribution < -0.4 is 15.2 Å². The largest absolute Gasteiger partial charge is 0.491 e. The minimum atomic E-state index is -0.300. The molecule has 7 heteroatoms. The third-order valence-electron chi connectivity index (χ3n) is 3.89. The fraction of sp³-hybridized carbons (Fsp3) is 0.238. The molecule has 1 aliphatic rings. The molecule has 0 fully saturated rings. The smallest absolute Gasteiger partial charge is 0.286 e. The number of rotatable bonds is 9. The Kier molecular flexibility index (Phi) is 7.11. The van der Waals surface area contributed by atoms with Crippen molar-refractivity contribution in [3.63, 3.8) is 0 Å². The maximum atomic E-state index is 11.6. The fourth-order valence-corrected chi connectivity index (χ4v) is 3.17. The van der Waals surface area contributed by atoms with Gasteiger partial charge < -0.3 is 19.9 Å². The van der Waals surface area contributed by atoms with Crippen molar-refractivity contribution in [1.29, 1.82) is 0 Å². The molecule has 0 aliphatic carbocycles. The Morgan fingerprint density at radius 1 is 1.00 bits per heavy atom. The molecule has 1 amide bonds. The van der Waals surface area contributed by atoms with E-state index in [1.807, 2.05) is 55.5 Å². The number of carbonyl (C=O) groups excluding carboxylic acids is 1. The first-order valence-electron chi connectivity index (χ1n) is 8.89. The summed E-state index contributed by atoms with van der Waals surface area (Å²) < 4.78 is 16.8. The zero-order chi connectivity index (χ0) is 19.8.